The molecule has 1 N–H and O–H groups in total. The number of furan rings is 1. The first-order valence-corrected chi connectivity index (χ1v) is 8.60. The number of rotatable bonds is 8. The SMILES string of the molecule is CCCc1cc(C(=O)NCC[C@H](c2ccccc2)c2ccco2)no1. The topological polar surface area (TPSA) is 68.3 Å². The standard InChI is InChI=1S/C20H22N2O3/c1-2-7-16-14-18(22-25-16)20(23)21-12-11-17(19-10-6-13-24-19)15-8-4-3-5-9-15/h3-6,8-10,13-14,17H,2,7,11-12H2,1H3,(H,21,23)/t17-/m1/s1. The molecule has 0 aliphatic heterocycles. The maximum absolute atomic E-state index is 12.2. The van der Waals surface area contributed by atoms with E-state index in [0.29, 0.717) is 12.2 Å². The smallest absolute Gasteiger partial charge is 0.273 e. The molecule has 1 aromatic carbocycles. The normalized spacial score (nSPS) is 12.0. The van der Waals surface area contributed by atoms with E-state index in [2.05, 4.69) is 29.5 Å². The molecule has 2 aromatic heterocycles. The first-order chi connectivity index (χ1) is 12.3. The quantitative estimate of drug-likeness (QED) is 0.669. The van der Waals surface area contributed by atoms with Crippen molar-refractivity contribution in [1.29, 1.82) is 0 Å². The van der Waals surface area contributed by atoms with Gasteiger partial charge in [-0.2, -0.15) is 0 Å². The number of hydrogen-bond donors (Lipinski definition) is 1. The van der Waals surface area contributed by atoms with Crippen LogP contribution in [0.25, 0.3) is 0 Å². The summed E-state index contributed by atoms with van der Waals surface area (Å²) in [5.74, 6) is 1.53. The van der Waals surface area contributed by atoms with E-state index < -0.39 is 0 Å². The summed E-state index contributed by atoms with van der Waals surface area (Å²) in [6, 6.07) is 15.7. The van der Waals surface area contributed by atoms with Crippen LogP contribution in [-0.2, 0) is 6.42 Å². The third-order valence-electron chi connectivity index (χ3n) is 4.10. The Balaban J connectivity index is 1.60. The van der Waals surface area contributed by atoms with Gasteiger partial charge >= 0.3 is 0 Å². The van der Waals surface area contributed by atoms with Crippen LogP contribution >= 0.6 is 0 Å². The minimum Gasteiger partial charge on any atom is -0.469 e. The van der Waals surface area contributed by atoms with Gasteiger partial charge in [0.15, 0.2) is 5.69 Å². The van der Waals surface area contributed by atoms with Crippen LogP contribution in [0.15, 0.2) is 63.7 Å². The van der Waals surface area contributed by atoms with Gasteiger partial charge in [-0.1, -0.05) is 42.4 Å². The number of aryl methyl sites for hydroxylation is 1. The van der Waals surface area contributed by atoms with Crippen LogP contribution < -0.4 is 5.32 Å². The van der Waals surface area contributed by atoms with E-state index in [9.17, 15) is 4.79 Å². The zero-order valence-corrected chi connectivity index (χ0v) is 14.3. The largest absolute Gasteiger partial charge is 0.469 e. The third-order valence-corrected chi connectivity index (χ3v) is 4.10. The van der Waals surface area contributed by atoms with Crippen LogP contribution in [0, 0.1) is 0 Å². The summed E-state index contributed by atoms with van der Waals surface area (Å²) in [6.07, 6.45) is 4.16. The molecule has 1 atom stereocenters. The van der Waals surface area contributed by atoms with Crippen molar-refractivity contribution in [3.8, 4) is 0 Å². The van der Waals surface area contributed by atoms with Gasteiger partial charge in [0.1, 0.15) is 11.5 Å². The fourth-order valence-corrected chi connectivity index (χ4v) is 2.85. The van der Waals surface area contributed by atoms with Crippen molar-refractivity contribution < 1.29 is 13.7 Å². The van der Waals surface area contributed by atoms with Crippen molar-refractivity contribution in [3.63, 3.8) is 0 Å². The number of nitrogens with one attached hydrogen (secondary N) is 1. The summed E-state index contributed by atoms with van der Waals surface area (Å²) in [5.41, 5.74) is 1.50. The second-order valence-corrected chi connectivity index (χ2v) is 5.95. The number of hydrogen-bond acceptors (Lipinski definition) is 4. The first kappa shape index (κ1) is 17.0. The van der Waals surface area contributed by atoms with E-state index in [0.717, 1.165) is 30.8 Å². The Hall–Kier alpha value is -2.82. The fourth-order valence-electron chi connectivity index (χ4n) is 2.85. The highest BCUT2D eigenvalue weighted by atomic mass is 16.5. The summed E-state index contributed by atoms with van der Waals surface area (Å²) < 4.78 is 10.7. The van der Waals surface area contributed by atoms with Crippen LogP contribution in [-0.4, -0.2) is 17.6 Å². The van der Waals surface area contributed by atoms with E-state index in [1.165, 1.54) is 5.56 Å². The average molecular weight is 338 g/mol. The second-order valence-electron chi connectivity index (χ2n) is 5.95. The number of carbonyl (C=O) groups excluding carboxylic acids is 1. The molecule has 0 radical (unpaired) electrons. The maximum Gasteiger partial charge on any atom is 0.273 e. The number of carbonyl (C=O) groups is 1. The highest BCUT2D eigenvalue weighted by molar-refractivity contribution is 5.92. The molecule has 0 bridgehead atoms. The molecule has 0 aliphatic rings. The Labute approximate surface area is 147 Å². The van der Waals surface area contributed by atoms with Crippen LogP contribution in [0.2, 0.25) is 0 Å². The van der Waals surface area contributed by atoms with Gasteiger partial charge in [0.05, 0.1) is 6.26 Å². The molecule has 25 heavy (non-hydrogen) atoms. The average Bonchev–Trinajstić information content (AvgIpc) is 3.32. The molecule has 5 heteroatoms. The van der Waals surface area contributed by atoms with Crippen LogP contribution in [0.1, 0.15) is 53.3 Å². The molecule has 0 unspecified atom stereocenters. The van der Waals surface area contributed by atoms with E-state index in [1.807, 2.05) is 30.3 Å². The molecular weight excluding hydrogens is 316 g/mol. The fraction of sp³-hybridized carbons (Fsp3) is 0.300. The van der Waals surface area contributed by atoms with Crippen molar-refractivity contribution >= 4 is 5.91 Å². The van der Waals surface area contributed by atoms with E-state index >= 15 is 0 Å². The maximum atomic E-state index is 12.2. The highest BCUT2D eigenvalue weighted by Crippen LogP contribution is 2.27. The van der Waals surface area contributed by atoms with E-state index in [4.69, 9.17) is 8.94 Å². The molecule has 0 fully saturated rings. The minimum absolute atomic E-state index is 0.101. The Morgan fingerprint density at radius 2 is 2.04 bits per heavy atom. The molecule has 0 saturated carbocycles. The summed E-state index contributed by atoms with van der Waals surface area (Å²) in [7, 11) is 0. The predicted molar refractivity (Wildman–Crippen MR) is 94.4 cm³/mol. The molecule has 3 rings (SSSR count). The zero-order valence-electron chi connectivity index (χ0n) is 14.3. The highest BCUT2D eigenvalue weighted by Gasteiger charge is 2.18. The van der Waals surface area contributed by atoms with Crippen LogP contribution in [0.4, 0.5) is 0 Å². The van der Waals surface area contributed by atoms with Gasteiger partial charge in [-0.05, 0) is 30.5 Å². The predicted octanol–water partition coefficient (Wildman–Crippen LogP) is 4.17. The molecular formula is C20H22N2O3. The van der Waals surface area contributed by atoms with Crippen molar-refractivity contribution in [2.75, 3.05) is 6.54 Å². The zero-order chi connectivity index (χ0) is 17.5. The Bertz CT molecular complexity index is 778. The monoisotopic (exact) mass is 338 g/mol. The Kier molecular flexibility index (Phi) is 5.67. The van der Waals surface area contributed by atoms with Crippen LogP contribution in [0.3, 0.4) is 0 Å². The first-order valence-electron chi connectivity index (χ1n) is 8.60. The Morgan fingerprint density at radius 1 is 1.20 bits per heavy atom. The molecule has 3 aromatic rings. The summed E-state index contributed by atoms with van der Waals surface area (Å²) >= 11 is 0. The number of benzene rings is 1. The minimum atomic E-state index is -0.211. The van der Waals surface area contributed by atoms with Gasteiger partial charge < -0.3 is 14.3 Å². The van der Waals surface area contributed by atoms with Crippen molar-refractivity contribution in [1.82, 2.24) is 10.5 Å². The lowest BCUT2D eigenvalue weighted by atomic mass is 9.93. The molecule has 0 saturated heterocycles. The molecule has 0 spiro atoms. The molecule has 1 amide bonds. The van der Waals surface area contributed by atoms with Gasteiger partial charge in [-0.15, -0.1) is 0 Å². The summed E-state index contributed by atoms with van der Waals surface area (Å²) in [5, 5.41) is 6.75. The van der Waals surface area contributed by atoms with Gasteiger partial charge in [-0.3, -0.25) is 4.79 Å². The molecule has 130 valence electrons. The lowest BCUT2D eigenvalue weighted by Gasteiger charge is -2.15. The third kappa shape index (κ3) is 4.38. The lowest BCUT2D eigenvalue weighted by Crippen LogP contribution is -2.26. The Morgan fingerprint density at radius 3 is 2.76 bits per heavy atom. The number of nitrogens with zero attached hydrogens (tertiary/aromatic N) is 1. The van der Waals surface area contributed by atoms with Crippen molar-refractivity contribution in [2.24, 2.45) is 0 Å². The summed E-state index contributed by atoms with van der Waals surface area (Å²) in [6.45, 7) is 2.58. The lowest BCUT2D eigenvalue weighted by molar-refractivity contribution is 0.0943. The van der Waals surface area contributed by atoms with Gasteiger partial charge in [0.2, 0.25) is 0 Å². The van der Waals surface area contributed by atoms with Crippen molar-refractivity contribution in [3.05, 3.63) is 77.6 Å². The van der Waals surface area contributed by atoms with E-state index in [1.54, 1.807) is 12.3 Å². The molecule has 5 nitrogen and oxygen atoms in total. The van der Waals surface area contributed by atoms with Gasteiger partial charge in [0.25, 0.3) is 5.91 Å². The molecule has 0 aliphatic carbocycles. The summed E-state index contributed by atoms with van der Waals surface area (Å²) in [4.78, 5) is 12.2. The van der Waals surface area contributed by atoms with Gasteiger partial charge in [0, 0.05) is 24.9 Å². The molecule has 2 heterocycles. The van der Waals surface area contributed by atoms with Gasteiger partial charge in [-0.25, -0.2) is 0 Å². The number of amides is 1. The van der Waals surface area contributed by atoms with Crippen molar-refractivity contribution in [2.45, 2.75) is 32.1 Å². The van der Waals surface area contributed by atoms with E-state index in [-0.39, 0.29) is 11.8 Å². The van der Waals surface area contributed by atoms with Crippen LogP contribution in [0.5, 0.6) is 0 Å². The number of aromatic nitrogens is 1. The second kappa shape index (κ2) is 8.33.